The van der Waals surface area contributed by atoms with Crippen LogP contribution in [0.2, 0.25) is 0 Å². The topological polar surface area (TPSA) is 29.3 Å². The van der Waals surface area contributed by atoms with Gasteiger partial charge in [-0.3, -0.25) is 4.90 Å². The average molecular weight is 236 g/mol. The molecule has 0 bridgehead atoms. The van der Waals surface area contributed by atoms with Gasteiger partial charge >= 0.3 is 0 Å². The number of nitrogens with zero attached hydrogens (tertiary/aromatic N) is 1. The van der Waals surface area contributed by atoms with Crippen LogP contribution in [0.25, 0.3) is 0 Å². The zero-order chi connectivity index (χ0) is 11.2. The van der Waals surface area contributed by atoms with E-state index < -0.39 is 0 Å². The van der Waals surface area contributed by atoms with Crippen LogP contribution in [0.3, 0.4) is 0 Å². The van der Waals surface area contributed by atoms with Gasteiger partial charge in [0.05, 0.1) is 0 Å². The van der Waals surface area contributed by atoms with Gasteiger partial charge in [-0.1, -0.05) is 30.3 Å². The second-order valence-electron chi connectivity index (χ2n) is 4.24. The van der Waals surface area contributed by atoms with E-state index in [1.54, 1.807) is 0 Å². The summed E-state index contributed by atoms with van der Waals surface area (Å²) in [6.07, 6.45) is 1.14. The standard InChI is InChI=1S/C13H20N2S/c14-10-13-11-16-9-8-15(13)7-6-12-4-2-1-3-5-12/h1-5,13H,6-11,14H2. The van der Waals surface area contributed by atoms with Gasteiger partial charge in [0.2, 0.25) is 0 Å². The van der Waals surface area contributed by atoms with Gasteiger partial charge in [0.15, 0.2) is 0 Å². The van der Waals surface area contributed by atoms with Crippen molar-refractivity contribution >= 4 is 11.8 Å². The first kappa shape index (κ1) is 12.0. The molecule has 0 aromatic heterocycles. The largest absolute Gasteiger partial charge is 0.329 e. The maximum Gasteiger partial charge on any atom is 0.0309 e. The van der Waals surface area contributed by atoms with E-state index >= 15 is 0 Å². The predicted molar refractivity (Wildman–Crippen MR) is 71.9 cm³/mol. The first-order valence-electron chi connectivity index (χ1n) is 5.96. The molecule has 2 nitrogen and oxygen atoms in total. The van der Waals surface area contributed by atoms with Gasteiger partial charge in [0.1, 0.15) is 0 Å². The monoisotopic (exact) mass is 236 g/mol. The fraction of sp³-hybridized carbons (Fsp3) is 0.538. The molecule has 1 aliphatic rings. The maximum atomic E-state index is 5.81. The summed E-state index contributed by atoms with van der Waals surface area (Å²) in [6, 6.07) is 11.3. The van der Waals surface area contributed by atoms with E-state index in [1.807, 2.05) is 11.8 Å². The molecule has 1 atom stereocenters. The Hall–Kier alpha value is -0.510. The Labute approximate surface area is 102 Å². The van der Waals surface area contributed by atoms with Gasteiger partial charge < -0.3 is 5.73 Å². The van der Waals surface area contributed by atoms with E-state index in [4.69, 9.17) is 5.73 Å². The lowest BCUT2D eigenvalue weighted by atomic mass is 10.1. The van der Waals surface area contributed by atoms with Gasteiger partial charge in [-0.05, 0) is 12.0 Å². The molecule has 1 aromatic rings. The second-order valence-corrected chi connectivity index (χ2v) is 5.39. The Balaban J connectivity index is 1.84. The van der Waals surface area contributed by atoms with Gasteiger partial charge in [-0.25, -0.2) is 0 Å². The van der Waals surface area contributed by atoms with Crippen LogP contribution >= 0.6 is 11.8 Å². The molecule has 1 aliphatic heterocycles. The number of nitrogens with two attached hydrogens (primary N) is 1. The molecule has 1 fully saturated rings. The highest BCUT2D eigenvalue weighted by atomic mass is 32.2. The van der Waals surface area contributed by atoms with Crippen LogP contribution in [-0.2, 0) is 6.42 Å². The first-order valence-corrected chi connectivity index (χ1v) is 7.11. The minimum Gasteiger partial charge on any atom is -0.329 e. The van der Waals surface area contributed by atoms with Crippen molar-refractivity contribution in [1.82, 2.24) is 4.90 Å². The lowest BCUT2D eigenvalue weighted by Crippen LogP contribution is -2.47. The molecule has 0 saturated carbocycles. The average Bonchev–Trinajstić information content (AvgIpc) is 2.38. The number of hydrogen-bond acceptors (Lipinski definition) is 3. The highest BCUT2D eigenvalue weighted by Gasteiger charge is 2.20. The normalized spacial score (nSPS) is 22.2. The Morgan fingerprint density at radius 2 is 2.12 bits per heavy atom. The molecule has 1 heterocycles. The number of hydrogen-bond donors (Lipinski definition) is 1. The number of thioether (sulfide) groups is 1. The summed E-state index contributed by atoms with van der Waals surface area (Å²) in [6.45, 7) is 3.13. The van der Waals surface area contributed by atoms with Crippen LogP contribution in [0.15, 0.2) is 30.3 Å². The summed E-state index contributed by atoms with van der Waals surface area (Å²) in [5.74, 6) is 2.45. The van der Waals surface area contributed by atoms with Crippen molar-refractivity contribution in [2.24, 2.45) is 5.73 Å². The minimum atomic E-state index is 0.586. The van der Waals surface area contributed by atoms with Crippen LogP contribution < -0.4 is 5.73 Å². The highest BCUT2D eigenvalue weighted by Crippen LogP contribution is 2.16. The Morgan fingerprint density at radius 1 is 1.31 bits per heavy atom. The summed E-state index contributed by atoms with van der Waals surface area (Å²) in [7, 11) is 0. The zero-order valence-electron chi connectivity index (χ0n) is 9.64. The van der Waals surface area contributed by atoms with E-state index in [-0.39, 0.29) is 0 Å². The first-order chi connectivity index (χ1) is 7.90. The van der Waals surface area contributed by atoms with E-state index in [1.165, 1.54) is 23.6 Å². The molecule has 0 amide bonds. The minimum absolute atomic E-state index is 0.586. The summed E-state index contributed by atoms with van der Waals surface area (Å²) >= 11 is 2.03. The fourth-order valence-electron chi connectivity index (χ4n) is 2.12. The van der Waals surface area contributed by atoms with Gasteiger partial charge in [-0.15, -0.1) is 0 Å². The van der Waals surface area contributed by atoms with Gasteiger partial charge in [0.25, 0.3) is 0 Å². The zero-order valence-corrected chi connectivity index (χ0v) is 10.5. The Kier molecular flexibility index (Phi) is 4.69. The summed E-state index contributed by atoms with van der Waals surface area (Å²) in [5.41, 5.74) is 7.23. The summed E-state index contributed by atoms with van der Waals surface area (Å²) in [4.78, 5) is 2.55. The third-order valence-corrected chi connectivity index (χ3v) is 4.24. The number of rotatable bonds is 4. The molecule has 1 unspecified atom stereocenters. The number of benzene rings is 1. The molecule has 1 aromatic carbocycles. The smallest absolute Gasteiger partial charge is 0.0309 e. The predicted octanol–water partition coefficient (Wildman–Crippen LogP) is 1.61. The summed E-state index contributed by atoms with van der Waals surface area (Å²) < 4.78 is 0. The van der Waals surface area contributed by atoms with Crippen LogP contribution in [0, 0.1) is 0 Å². The van der Waals surface area contributed by atoms with Crippen molar-refractivity contribution in [3.05, 3.63) is 35.9 Å². The Morgan fingerprint density at radius 3 is 2.88 bits per heavy atom. The van der Waals surface area contributed by atoms with Crippen molar-refractivity contribution in [2.75, 3.05) is 31.1 Å². The van der Waals surface area contributed by atoms with Crippen LogP contribution in [0.1, 0.15) is 5.56 Å². The van der Waals surface area contributed by atoms with Crippen LogP contribution in [0.5, 0.6) is 0 Å². The highest BCUT2D eigenvalue weighted by molar-refractivity contribution is 7.99. The lowest BCUT2D eigenvalue weighted by molar-refractivity contribution is 0.226. The second kappa shape index (κ2) is 6.28. The molecule has 2 N–H and O–H groups in total. The molecule has 2 rings (SSSR count). The molecule has 88 valence electrons. The van der Waals surface area contributed by atoms with Crippen molar-refractivity contribution in [2.45, 2.75) is 12.5 Å². The fourth-order valence-corrected chi connectivity index (χ4v) is 3.27. The van der Waals surface area contributed by atoms with Crippen LogP contribution in [-0.4, -0.2) is 42.1 Å². The molecular formula is C13H20N2S. The van der Waals surface area contributed by atoms with E-state index in [2.05, 4.69) is 35.2 Å². The van der Waals surface area contributed by atoms with E-state index in [0.29, 0.717) is 6.04 Å². The third-order valence-electron chi connectivity index (χ3n) is 3.15. The van der Waals surface area contributed by atoms with Crippen molar-refractivity contribution in [3.8, 4) is 0 Å². The molecular weight excluding hydrogens is 216 g/mol. The van der Waals surface area contributed by atoms with Crippen molar-refractivity contribution < 1.29 is 0 Å². The quantitative estimate of drug-likeness (QED) is 0.861. The van der Waals surface area contributed by atoms with E-state index in [0.717, 1.165) is 19.5 Å². The van der Waals surface area contributed by atoms with Gasteiger partial charge in [0, 0.05) is 37.2 Å². The molecule has 16 heavy (non-hydrogen) atoms. The van der Waals surface area contributed by atoms with Gasteiger partial charge in [-0.2, -0.15) is 11.8 Å². The molecule has 0 radical (unpaired) electrons. The lowest BCUT2D eigenvalue weighted by Gasteiger charge is -2.34. The van der Waals surface area contributed by atoms with Crippen LogP contribution in [0.4, 0.5) is 0 Å². The molecule has 0 aliphatic carbocycles. The third kappa shape index (κ3) is 3.24. The maximum absolute atomic E-state index is 5.81. The SMILES string of the molecule is NCC1CSCCN1CCc1ccccc1. The van der Waals surface area contributed by atoms with Crippen molar-refractivity contribution in [3.63, 3.8) is 0 Å². The summed E-state index contributed by atoms with van der Waals surface area (Å²) in [5, 5.41) is 0. The van der Waals surface area contributed by atoms with Crippen molar-refractivity contribution in [1.29, 1.82) is 0 Å². The Bertz CT molecular complexity index is 302. The molecule has 3 heteroatoms. The van der Waals surface area contributed by atoms with E-state index in [9.17, 15) is 0 Å². The molecule has 0 spiro atoms. The molecule has 1 saturated heterocycles.